The number of carbonyl (C=O) groups is 1. The summed E-state index contributed by atoms with van der Waals surface area (Å²) in [6, 6.07) is 5.89. The zero-order chi connectivity index (χ0) is 14.0. The first kappa shape index (κ1) is 13.7. The summed E-state index contributed by atoms with van der Waals surface area (Å²) in [5, 5.41) is 0. The van der Waals surface area contributed by atoms with E-state index in [1.165, 1.54) is 7.11 Å². The molecule has 0 aliphatic carbocycles. The van der Waals surface area contributed by atoms with Crippen molar-refractivity contribution < 1.29 is 9.53 Å². The Labute approximate surface area is 114 Å². The fraction of sp³-hybridized carbons (Fsp3) is 0.533. The first-order chi connectivity index (χ1) is 9.02. The fourth-order valence-electron chi connectivity index (χ4n) is 2.84. The highest BCUT2D eigenvalue weighted by atomic mass is 16.5. The number of esters is 1. The number of rotatable bonds is 2. The van der Waals surface area contributed by atoms with Gasteiger partial charge in [0.15, 0.2) is 0 Å². The highest BCUT2D eigenvalue weighted by Gasteiger charge is 2.26. The third kappa shape index (κ3) is 2.83. The molecule has 0 saturated carbocycles. The molecule has 2 unspecified atom stereocenters. The Bertz CT molecular complexity index is 473. The van der Waals surface area contributed by atoms with E-state index in [1.54, 1.807) is 6.07 Å². The molecule has 1 heterocycles. The first-order valence-electron chi connectivity index (χ1n) is 6.77. The molecular formula is C15H22N2O2. The molecule has 104 valence electrons. The van der Waals surface area contributed by atoms with Crippen molar-refractivity contribution in [3.05, 3.63) is 23.8 Å². The van der Waals surface area contributed by atoms with Crippen molar-refractivity contribution in [2.75, 3.05) is 24.3 Å². The molecule has 19 heavy (non-hydrogen) atoms. The predicted molar refractivity (Wildman–Crippen MR) is 77.4 cm³/mol. The van der Waals surface area contributed by atoms with Crippen LogP contribution in [0.25, 0.3) is 0 Å². The van der Waals surface area contributed by atoms with Gasteiger partial charge >= 0.3 is 5.97 Å². The summed E-state index contributed by atoms with van der Waals surface area (Å²) in [7, 11) is 1.40. The Kier molecular flexibility index (Phi) is 3.98. The second-order valence-electron chi connectivity index (χ2n) is 5.44. The quantitative estimate of drug-likeness (QED) is 0.657. The topological polar surface area (TPSA) is 55.6 Å². The Morgan fingerprint density at radius 2 is 2.16 bits per heavy atom. The average molecular weight is 262 g/mol. The number of nitrogen functional groups attached to an aromatic ring is 1. The lowest BCUT2D eigenvalue weighted by Crippen LogP contribution is -2.41. The normalized spacial score (nSPS) is 23.2. The van der Waals surface area contributed by atoms with Gasteiger partial charge in [-0.15, -0.1) is 0 Å². The van der Waals surface area contributed by atoms with Crippen molar-refractivity contribution in [2.45, 2.75) is 32.7 Å². The lowest BCUT2D eigenvalue weighted by molar-refractivity contribution is 0.0601. The molecule has 4 nitrogen and oxygen atoms in total. The molecule has 1 aliphatic heterocycles. The molecule has 2 N–H and O–H groups in total. The van der Waals surface area contributed by atoms with Gasteiger partial charge < -0.3 is 15.4 Å². The SMILES string of the molecule is COC(=O)c1cc(N)ccc1N1CCC(C)CC1C. The number of piperidine rings is 1. The molecule has 0 bridgehead atoms. The number of hydrogen-bond donors (Lipinski definition) is 1. The molecule has 0 spiro atoms. The predicted octanol–water partition coefficient (Wildman–Crippen LogP) is 2.68. The van der Waals surface area contributed by atoms with Crippen LogP contribution in [-0.4, -0.2) is 25.7 Å². The second-order valence-corrected chi connectivity index (χ2v) is 5.44. The van der Waals surface area contributed by atoms with Crippen LogP contribution >= 0.6 is 0 Å². The van der Waals surface area contributed by atoms with E-state index < -0.39 is 0 Å². The van der Waals surface area contributed by atoms with Gasteiger partial charge in [0, 0.05) is 18.3 Å². The summed E-state index contributed by atoms with van der Waals surface area (Å²) in [6.45, 7) is 5.45. The lowest BCUT2D eigenvalue weighted by Gasteiger charge is -2.39. The monoisotopic (exact) mass is 262 g/mol. The zero-order valence-electron chi connectivity index (χ0n) is 11.8. The Balaban J connectivity index is 2.36. The number of ether oxygens (including phenoxy) is 1. The van der Waals surface area contributed by atoms with E-state index in [4.69, 9.17) is 10.5 Å². The minimum absolute atomic E-state index is 0.326. The maximum absolute atomic E-state index is 11.9. The van der Waals surface area contributed by atoms with E-state index in [0.717, 1.165) is 31.0 Å². The van der Waals surface area contributed by atoms with Crippen molar-refractivity contribution in [3.8, 4) is 0 Å². The van der Waals surface area contributed by atoms with Gasteiger partial charge in [0.25, 0.3) is 0 Å². The van der Waals surface area contributed by atoms with Crippen molar-refractivity contribution in [1.82, 2.24) is 0 Å². The molecular weight excluding hydrogens is 240 g/mol. The number of methoxy groups -OCH3 is 1. The van der Waals surface area contributed by atoms with Gasteiger partial charge in [-0.3, -0.25) is 0 Å². The summed E-state index contributed by atoms with van der Waals surface area (Å²) in [5.74, 6) is 0.412. The van der Waals surface area contributed by atoms with Gasteiger partial charge in [0.05, 0.1) is 18.4 Å². The average Bonchev–Trinajstić information content (AvgIpc) is 2.38. The molecule has 0 amide bonds. The van der Waals surface area contributed by atoms with E-state index >= 15 is 0 Å². The molecule has 2 atom stereocenters. The molecule has 2 rings (SSSR count). The fourth-order valence-corrected chi connectivity index (χ4v) is 2.84. The van der Waals surface area contributed by atoms with Crippen molar-refractivity contribution in [2.24, 2.45) is 5.92 Å². The van der Waals surface area contributed by atoms with Gasteiger partial charge in [-0.2, -0.15) is 0 Å². The first-order valence-corrected chi connectivity index (χ1v) is 6.77. The third-order valence-electron chi connectivity index (χ3n) is 3.87. The van der Waals surface area contributed by atoms with Gasteiger partial charge in [-0.25, -0.2) is 4.79 Å². The van der Waals surface area contributed by atoms with Gasteiger partial charge in [-0.05, 0) is 43.9 Å². The highest BCUT2D eigenvalue weighted by molar-refractivity contribution is 5.97. The van der Waals surface area contributed by atoms with Crippen LogP contribution < -0.4 is 10.6 Å². The number of nitrogens with zero attached hydrogens (tertiary/aromatic N) is 1. The summed E-state index contributed by atoms with van der Waals surface area (Å²) in [5.41, 5.74) is 7.86. The van der Waals surface area contributed by atoms with Crippen LogP contribution in [0.4, 0.5) is 11.4 Å². The number of carbonyl (C=O) groups excluding carboxylic acids is 1. The van der Waals surface area contributed by atoms with Crippen LogP contribution in [0.5, 0.6) is 0 Å². The Morgan fingerprint density at radius 3 is 2.79 bits per heavy atom. The van der Waals surface area contributed by atoms with Gasteiger partial charge in [0.1, 0.15) is 0 Å². The number of nitrogens with two attached hydrogens (primary N) is 1. The Morgan fingerprint density at radius 1 is 1.42 bits per heavy atom. The largest absolute Gasteiger partial charge is 0.465 e. The van der Waals surface area contributed by atoms with E-state index in [2.05, 4.69) is 18.7 Å². The number of benzene rings is 1. The molecule has 1 aromatic carbocycles. The number of anilines is 2. The standard InChI is InChI=1S/C15H22N2O2/c1-10-6-7-17(11(2)8-10)14-5-4-12(16)9-13(14)15(18)19-3/h4-5,9-11H,6-8,16H2,1-3H3. The van der Waals surface area contributed by atoms with E-state index in [9.17, 15) is 4.79 Å². The van der Waals surface area contributed by atoms with Crippen molar-refractivity contribution >= 4 is 17.3 Å². The maximum Gasteiger partial charge on any atom is 0.340 e. The second kappa shape index (κ2) is 5.51. The van der Waals surface area contributed by atoms with Crippen LogP contribution in [0.2, 0.25) is 0 Å². The summed E-state index contributed by atoms with van der Waals surface area (Å²) < 4.78 is 4.86. The molecule has 1 fully saturated rings. The summed E-state index contributed by atoms with van der Waals surface area (Å²) in [4.78, 5) is 14.2. The van der Waals surface area contributed by atoms with E-state index in [-0.39, 0.29) is 5.97 Å². The van der Waals surface area contributed by atoms with Crippen LogP contribution in [0.3, 0.4) is 0 Å². The minimum atomic E-state index is -0.326. The van der Waals surface area contributed by atoms with Gasteiger partial charge in [-0.1, -0.05) is 6.92 Å². The maximum atomic E-state index is 11.9. The minimum Gasteiger partial charge on any atom is -0.465 e. The molecule has 1 aliphatic rings. The Hall–Kier alpha value is -1.71. The van der Waals surface area contributed by atoms with Crippen LogP contribution in [0.15, 0.2) is 18.2 Å². The smallest absolute Gasteiger partial charge is 0.340 e. The van der Waals surface area contributed by atoms with Gasteiger partial charge in [0.2, 0.25) is 0 Å². The molecule has 1 aromatic rings. The van der Waals surface area contributed by atoms with Crippen LogP contribution in [0, 0.1) is 5.92 Å². The summed E-state index contributed by atoms with van der Waals surface area (Å²) >= 11 is 0. The molecule has 4 heteroatoms. The summed E-state index contributed by atoms with van der Waals surface area (Å²) in [6.07, 6.45) is 2.29. The van der Waals surface area contributed by atoms with Crippen LogP contribution in [0.1, 0.15) is 37.0 Å². The van der Waals surface area contributed by atoms with Crippen LogP contribution in [-0.2, 0) is 4.74 Å². The van der Waals surface area contributed by atoms with E-state index in [1.807, 2.05) is 12.1 Å². The molecule has 1 saturated heterocycles. The molecule has 0 radical (unpaired) electrons. The molecule has 0 aromatic heterocycles. The zero-order valence-corrected chi connectivity index (χ0v) is 11.8. The lowest BCUT2D eigenvalue weighted by atomic mass is 9.92. The van der Waals surface area contributed by atoms with Crippen molar-refractivity contribution in [3.63, 3.8) is 0 Å². The number of hydrogen-bond acceptors (Lipinski definition) is 4. The van der Waals surface area contributed by atoms with Crippen molar-refractivity contribution in [1.29, 1.82) is 0 Å². The van der Waals surface area contributed by atoms with E-state index in [0.29, 0.717) is 17.3 Å². The highest BCUT2D eigenvalue weighted by Crippen LogP contribution is 2.31. The third-order valence-corrected chi connectivity index (χ3v) is 3.87.